The highest BCUT2D eigenvalue weighted by atomic mass is 16.5. The van der Waals surface area contributed by atoms with Crippen LogP contribution in [0.1, 0.15) is 6.42 Å². The van der Waals surface area contributed by atoms with Gasteiger partial charge in [-0.15, -0.1) is 0 Å². The Labute approximate surface area is 120 Å². The zero-order chi connectivity index (χ0) is 15.4. The Bertz CT molecular complexity index is 553. The average Bonchev–Trinajstić information content (AvgIpc) is 2.85. The van der Waals surface area contributed by atoms with E-state index >= 15 is 0 Å². The van der Waals surface area contributed by atoms with E-state index in [2.05, 4.69) is 20.3 Å². The number of hydrogen-bond acceptors (Lipinski definition) is 9. The van der Waals surface area contributed by atoms with Crippen LogP contribution in [-0.4, -0.2) is 69.6 Å². The highest BCUT2D eigenvalue weighted by molar-refractivity contribution is 5.87. The van der Waals surface area contributed by atoms with E-state index in [1.807, 2.05) is 0 Å². The van der Waals surface area contributed by atoms with Crippen molar-refractivity contribution in [3.05, 3.63) is 0 Å². The quantitative estimate of drug-likeness (QED) is 0.150. The summed E-state index contributed by atoms with van der Waals surface area (Å²) in [5.41, 5.74) is 21.0. The molecule has 1 saturated heterocycles. The minimum atomic E-state index is -2.06. The van der Waals surface area contributed by atoms with Gasteiger partial charge < -0.3 is 43.4 Å². The molecular formula is C10H19N9O2. The summed E-state index contributed by atoms with van der Waals surface area (Å²) in [7, 11) is 0. The Kier molecular flexibility index (Phi) is 2.68. The zero-order valence-electron chi connectivity index (χ0n) is 11.3. The van der Waals surface area contributed by atoms with Gasteiger partial charge in [-0.3, -0.25) is 4.99 Å². The second-order valence-corrected chi connectivity index (χ2v) is 5.39. The largest absolute Gasteiger partial charge is 0.370 e. The highest BCUT2D eigenvalue weighted by Gasteiger charge is 2.69. The Hall–Kier alpha value is -2.27. The van der Waals surface area contributed by atoms with Crippen molar-refractivity contribution in [1.29, 1.82) is 0 Å². The van der Waals surface area contributed by atoms with Crippen molar-refractivity contribution in [2.24, 2.45) is 37.9 Å². The molecule has 0 aliphatic carbocycles. The molecule has 3 heterocycles. The van der Waals surface area contributed by atoms with Crippen LogP contribution in [0.2, 0.25) is 0 Å². The lowest BCUT2D eigenvalue weighted by Gasteiger charge is -2.48. The third-order valence-corrected chi connectivity index (χ3v) is 4.15. The molecule has 11 nitrogen and oxygen atoms in total. The number of nitrogens with two attached hydrogens (primary N) is 4. The molecule has 1 spiro atoms. The van der Waals surface area contributed by atoms with Gasteiger partial charge in [0.15, 0.2) is 23.5 Å². The van der Waals surface area contributed by atoms with E-state index in [4.69, 9.17) is 22.9 Å². The standard InChI is InChI=1S/C10H19N9O2/c11-6(12)15-3-4-5-10(18-7(13)17-5)9(20,21)1-2-19(10)8(14)16-4/h4-5,20-21H,1-3H2,(H2,14,16)(H4,11,12,15)(H3,13,17,18)/t4-,5-,10-/m0/s1. The third kappa shape index (κ3) is 1.70. The summed E-state index contributed by atoms with van der Waals surface area (Å²) in [4.78, 5) is 14.0. The molecule has 11 heteroatoms. The molecule has 3 atom stereocenters. The Balaban J connectivity index is 2.05. The molecule has 0 amide bonds. The summed E-state index contributed by atoms with van der Waals surface area (Å²) < 4.78 is 0. The predicted octanol–water partition coefficient (Wildman–Crippen LogP) is -4.67. The van der Waals surface area contributed by atoms with Gasteiger partial charge in [0.05, 0.1) is 6.54 Å². The van der Waals surface area contributed by atoms with Gasteiger partial charge >= 0.3 is 0 Å². The van der Waals surface area contributed by atoms with Gasteiger partial charge in [-0.05, 0) is 0 Å². The molecule has 0 radical (unpaired) electrons. The number of rotatable bonds is 2. The number of aliphatic imine (C=N–C) groups is 3. The van der Waals surface area contributed by atoms with Gasteiger partial charge in [0.25, 0.3) is 0 Å². The van der Waals surface area contributed by atoms with E-state index in [0.29, 0.717) is 6.54 Å². The van der Waals surface area contributed by atoms with Gasteiger partial charge in [0.2, 0.25) is 5.79 Å². The minimum absolute atomic E-state index is 0.0878. The molecule has 3 rings (SSSR count). The van der Waals surface area contributed by atoms with E-state index in [-0.39, 0.29) is 30.8 Å². The van der Waals surface area contributed by atoms with Crippen LogP contribution in [0, 0.1) is 0 Å². The average molecular weight is 297 g/mol. The molecule has 0 aromatic carbocycles. The van der Waals surface area contributed by atoms with E-state index < -0.39 is 23.5 Å². The summed E-state index contributed by atoms with van der Waals surface area (Å²) in [6.45, 7) is 0.446. The van der Waals surface area contributed by atoms with Crippen LogP contribution in [0.3, 0.4) is 0 Å². The first-order chi connectivity index (χ1) is 9.78. The lowest BCUT2D eigenvalue weighted by atomic mass is 9.86. The van der Waals surface area contributed by atoms with Crippen molar-refractivity contribution in [2.75, 3.05) is 13.1 Å². The summed E-state index contributed by atoms with van der Waals surface area (Å²) in [5, 5.41) is 23.7. The topological polar surface area (TPSA) is 197 Å². The van der Waals surface area contributed by atoms with Crippen LogP contribution < -0.4 is 28.3 Å². The number of hydrogen-bond donors (Lipinski definition) is 7. The lowest BCUT2D eigenvalue weighted by Crippen LogP contribution is -2.76. The lowest BCUT2D eigenvalue weighted by molar-refractivity contribution is -0.220. The summed E-state index contributed by atoms with van der Waals surface area (Å²) in [6, 6.07) is -1.21. The third-order valence-electron chi connectivity index (χ3n) is 4.15. The van der Waals surface area contributed by atoms with Crippen molar-refractivity contribution in [3.63, 3.8) is 0 Å². The van der Waals surface area contributed by atoms with E-state index in [1.165, 1.54) is 0 Å². The van der Waals surface area contributed by atoms with Crippen LogP contribution in [0.25, 0.3) is 0 Å². The maximum Gasteiger partial charge on any atom is 0.210 e. The van der Waals surface area contributed by atoms with Crippen LogP contribution in [0.15, 0.2) is 15.0 Å². The molecule has 0 unspecified atom stereocenters. The molecule has 3 aliphatic heterocycles. The van der Waals surface area contributed by atoms with Crippen molar-refractivity contribution in [3.8, 4) is 0 Å². The van der Waals surface area contributed by atoms with Gasteiger partial charge in [0, 0.05) is 13.0 Å². The van der Waals surface area contributed by atoms with Crippen molar-refractivity contribution in [2.45, 2.75) is 30.0 Å². The molecule has 0 saturated carbocycles. The second kappa shape index (κ2) is 4.11. The summed E-state index contributed by atoms with van der Waals surface area (Å²) >= 11 is 0. The monoisotopic (exact) mass is 297 g/mol. The molecule has 116 valence electrons. The first-order valence-corrected chi connectivity index (χ1v) is 6.50. The zero-order valence-corrected chi connectivity index (χ0v) is 11.3. The maximum atomic E-state index is 10.4. The van der Waals surface area contributed by atoms with Crippen LogP contribution in [-0.2, 0) is 0 Å². The number of nitrogens with zero attached hydrogens (tertiary/aromatic N) is 4. The fourth-order valence-electron chi connectivity index (χ4n) is 3.27. The van der Waals surface area contributed by atoms with Crippen molar-refractivity contribution < 1.29 is 10.2 Å². The van der Waals surface area contributed by atoms with Crippen LogP contribution in [0.4, 0.5) is 0 Å². The van der Waals surface area contributed by atoms with Crippen molar-refractivity contribution >= 4 is 17.9 Å². The fourth-order valence-corrected chi connectivity index (χ4v) is 3.27. The molecule has 0 bridgehead atoms. The molecule has 11 N–H and O–H groups in total. The SMILES string of the molecule is NC(N)=NC[C@@H]1N=C(N)N2CCC(O)(O)[C@@]23NC(N)=N[C@@H]13. The van der Waals surface area contributed by atoms with E-state index in [1.54, 1.807) is 4.90 Å². The molecule has 3 aliphatic rings. The molecule has 1 fully saturated rings. The first kappa shape index (κ1) is 13.7. The van der Waals surface area contributed by atoms with E-state index in [0.717, 1.165) is 0 Å². The maximum absolute atomic E-state index is 10.4. The molecule has 0 aromatic rings. The molecule has 21 heavy (non-hydrogen) atoms. The van der Waals surface area contributed by atoms with E-state index in [9.17, 15) is 10.2 Å². The Morgan fingerprint density at radius 3 is 2.76 bits per heavy atom. The molecule has 0 aromatic heterocycles. The molecular weight excluding hydrogens is 278 g/mol. The van der Waals surface area contributed by atoms with Crippen LogP contribution >= 0.6 is 0 Å². The fraction of sp³-hybridized carbons (Fsp3) is 0.700. The second-order valence-electron chi connectivity index (χ2n) is 5.39. The van der Waals surface area contributed by atoms with Crippen LogP contribution in [0.5, 0.6) is 0 Å². The van der Waals surface area contributed by atoms with Crippen molar-refractivity contribution in [1.82, 2.24) is 10.2 Å². The van der Waals surface area contributed by atoms with Gasteiger partial charge in [0.1, 0.15) is 12.1 Å². The predicted molar refractivity (Wildman–Crippen MR) is 75.9 cm³/mol. The van der Waals surface area contributed by atoms with Gasteiger partial charge in [-0.2, -0.15) is 0 Å². The normalized spacial score (nSPS) is 36.2. The Morgan fingerprint density at radius 1 is 1.38 bits per heavy atom. The highest BCUT2D eigenvalue weighted by Crippen LogP contribution is 2.44. The summed E-state index contributed by atoms with van der Waals surface area (Å²) in [5.74, 6) is -1.88. The summed E-state index contributed by atoms with van der Waals surface area (Å²) in [6.07, 6.45) is 0.0878. The van der Waals surface area contributed by atoms with Gasteiger partial charge in [-0.1, -0.05) is 0 Å². The number of nitrogens with one attached hydrogen (secondary N) is 1. The smallest absolute Gasteiger partial charge is 0.210 e. The first-order valence-electron chi connectivity index (χ1n) is 6.50. The Morgan fingerprint density at radius 2 is 2.10 bits per heavy atom. The van der Waals surface area contributed by atoms with Gasteiger partial charge in [-0.25, -0.2) is 9.98 Å². The number of aliphatic hydroxyl groups is 2. The minimum Gasteiger partial charge on any atom is -0.370 e. The number of guanidine groups is 3.